The first-order chi connectivity index (χ1) is 11.5. The summed E-state index contributed by atoms with van der Waals surface area (Å²) < 4.78 is 11.8. The van der Waals surface area contributed by atoms with Crippen LogP contribution in [0.15, 0.2) is 42.5 Å². The number of fused-ring (bicyclic) bond motifs is 2. The zero-order valence-electron chi connectivity index (χ0n) is 14.7. The molecule has 0 radical (unpaired) electrons. The molecule has 0 bridgehead atoms. The van der Waals surface area contributed by atoms with E-state index < -0.39 is 6.10 Å². The van der Waals surface area contributed by atoms with E-state index in [-0.39, 0.29) is 5.60 Å². The molecule has 0 spiro atoms. The standard InChI is InChI=1S/C21H26O3/c1-21(2,3)24-13-7-10-15-9-6-12-18-19(15)20(22)17-11-5-4-8-16(17)14-23-18/h4-6,8-9,11-12,20,22H,7,10,13-14H2,1-3H3. The quantitative estimate of drug-likeness (QED) is 0.846. The van der Waals surface area contributed by atoms with Crippen molar-refractivity contribution in [1.29, 1.82) is 0 Å². The second-order valence-corrected chi connectivity index (χ2v) is 7.28. The van der Waals surface area contributed by atoms with Crippen molar-refractivity contribution in [2.24, 2.45) is 0 Å². The molecule has 0 aromatic heterocycles. The van der Waals surface area contributed by atoms with Gasteiger partial charge in [-0.2, -0.15) is 0 Å². The first kappa shape index (κ1) is 17.0. The average molecular weight is 326 g/mol. The lowest BCUT2D eigenvalue weighted by atomic mass is 9.92. The predicted molar refractivity (Wildman–Crippen MR) is 95.3 cm³/mol. The van der Waals surface area contributed by atoms with Gasteiger partial charge in [-0.1, -0.05) is 36.4 Å². The van der Waals surface area contributed by atoms with Gasteiger partial charge in [0, 0.05) is 12.2 Å². The van der Waals surface area contributed by atoms with Crippen LogP contribution in [-0.4, -0.2) is 17.3 Å². The molecule has 3 nitrogen and oxygen atoms in total. The van der Waals surface area contributed by atoms with Gasteiger partial charge < -0.3 is 14.6 Å². The minimum absolute atomic E-state index is 0.116. The molecule has 2 aromatic rings. The van der Waals surface area contributed by atoms with Gasteiger partial charge in [-0.3, -0.25) is 0 Å². The normalized spacial score (nSPS) is 16.8. The minimum atomic E-state index is -0.640. The van der Waals surface area contributed by atoms with Crippen LogP contribution in [0.1, 0.15) is 55.5 Å². The van der Waals surface area contributed by atoms with E-state index >= 15 is 0 Å². The number of aryl methyl sites for hydroxylation is 1. The monoisotopic (exact) mass is 326 g/mol. The van der Waals surface area contributed by atoms with Crippen LogP contribution in [0.5, 0.6) is 5.75 Å². The van der Waals surface area contributed by atoms with E-state index in [4.69, 9.17) is 9.47 Å². The molecule has 128 valence electrons. The topological polar surface area (TPSA) is 38.7 Å². The first-order valence-electron chi connectivity index (χ1n) is 8.60. The summed E-state index contributed by atoms with van der Waals surface area (Å²) in [4.78, 5) is 0. The van der Waals surface area contributed by atoms with Gasteiger partial charge in [-0.15, -0.1) is 0 Å². The van der Waals surface area contributed by atoms with Crippen LogP contribution < -0.4 is 4.74 Å². The van der Waals surface area contributed by atoms with Crippen LogP contribution in [0.2, 0.25) is 0 Å². The van der Waals surface area contributed by atoms with E-state index in [1.54, 1.807) is 0 Å². The van der Waals surface area contributed by atoms with Crippen molar-refractivity contribution >= 4 is 0 Å². The van der Waals surface area contributed by atoms with Crippen molar-refractivity contribution in [1.82, 2.24) is 0 Å². The molecule has 0 amide bonds. The maximum atomic E-state index is 10.9. The molecule has 0 saturated carbocycles. The molecule has 1 N–H and O–H groups in total. The highest BCUT2D eigenvalue weighted by atomic mass is 16.5. The minimum Gasteiger partial charge on any atom is -0.488 e. The maximum Gasteiger partial charge on any atom is 0.126 e. The second-order valence-electron chi connectivity index (χ2n) is 7.28. The summed E-state index contributed by atoms with van der Waals surface area (Å²) in [5, 5.41) is 10.9. The molecule has 1 unspecified atom stereocenters. The summed E-state index contributed by atoms with van der Waals surface area (Å²) in [6.45, 7) is 7.40. The Balaban J connectivity index is 1.82. The number of hydrogen-bond donors (Lipinski definition) is 1. The Morgan fingerprint density at radius 2 is 1.92 bits per heavy atom. The SMILES string of the molecule is CC(C)(C)OCCCc1cccc2c1C(O)c1ccccc1CO2. The van der Waals surface area contributed by atoms with E-state index in [1.807, 2.05) is 36.4 Å². The van der Waals surface area contributed by atoms with Crippen LogP contribution in [0.25, 0.3) is 0 Å². The fourth-order valence-corrected chi connectivity index (χ4v) is 3.13. The van der Waals surface area contributed by atoms with E-state index in [0.717, 1.165) is 40.8 Å². The van der Waals surface area contributed by atoms with Crippen molar-refractivity contribution in [3.63, 3.8) is 0 Å². The van der Waals surface area contributed by atoms with Crippen LogP contribution >= 0.6 is 0 Å². The predicted octanol–water partition coefficient (Wildman–Crippen LogP) is 4.41. The fraction of sp³-hybridized carbons (Fsp3) is 0.429. The van der Waals surface area contributed by atoms with Gasteiger partial charge in [-0.05, 0) is 56.4 Å². The summed E-state index contributed by atoms with van der Waals surface area (Å²) in [7, 11) is 0. The number of aliphatic hydroxyl groups is 1. The number of ether oxygens (including phenoxy) is 2. The Labute approximate surface area is 144 Å². The molecule has 0 saturated heterocycles. The molecule has 0 fully saturated rings. The molecule has 1 aliphatic rings. The number of rotatable bonds is 4. The van der Waals surface area contributed by atoms with E-state index in [2.05, 4.69) is 26.8 Å². The molecular formula is C21H26O3. The molecule has 1 atom stereocenters. The Hall–Kier alpha value is -1.84. The van der Waals surface area contributed by atoms with Gasteiger partial charge in [0.1, 0.15) is 18.5 Å². The van der Waals surface area contributed by atoms with Crippen LogP contribution in [0, 0.1) is 0 Å². The lowest BCUT2D eigenvalue weighted by molar-refractivity contribution is -0.00389. The number of aliphatic hydroxyl groups excluding tert-OH is 1. The highest BCUT2D eigenvalue weighted by molar-refractivity contribution is 5.49. The lowest BCUT2D eigenvalue weighted by Gasteiger charge is -2.20. The van der Waals surface area contributed by atoms with Gasteiger partial charge in [0.15, 0.2) is 0 Å². The van der Waals surface area contributed by atoms with Crippen molar-refractivity contribution in [2.75, 3.05) is 6.61 Å². The third kappa shape index (κ3) is 3.80. The van der Waals surface area contributed by atoms with Crippen molar-refractivity contribution < 1.29 is 14.6 Å². The van der Waals surface area contributed by atoms with Crippen molar-refractivity contribution in [3.8, 4) is 5.75 Å². The van der Waals surface area contributed by atoms with Gasteiger partial charge in [0.2, 0.25) is 0 Å². The molecule has 2 aromatic carbocycles. The highest BCUT2D eigenvalue weighted by Crippen LogP contribution is 2.38. The van der Waals surface area contributed by atoms with E-state index in [9.17, 15) is 5.11 Å². The van der Waals surface area contributed by atoms with Gasteiger partial charge in [-0.25, -0.2) is 0 Å². The molecule has 24 heavy (non-hydrogen) atoms. The molecule has 3 heteroatoms. The summed E-state index contributed by atoms with van der Waals surface area (Å²) in [5.41, 5.74) is 3.90. The van der Waals surface area contributed by atoms with Crippen LogP contribution in [0.4, 0.5) is 0 Å². The Morgan fingerprint density at radius 3 is 2.71 bits per heavy atom. The highest BCUT2D eigenvalue weighted by Gasteiger charge is 2.25. The van der Waals surface area contributed by atoms with Crippen LogP contribution in [0.3, 0.4) is 0 Å². The largest absolute Gasteiger partial charge is 0.488 e. The Morgan fingerprint density at radius 1 is 1.12 bits per heavy atom. The Bertz CT molecular complexity index is 700. The average Bonchev–Trinajstić information content (AvgIpc) is 2.69. The summed E-state index contributed by atoms with van der Waals surface area (Å²) in [5.74, 6) is 0.785. The third-order valence-corrected chi connectivity index (χ3v) is 4.29. The van der Waals surface area contributed by atoms with Crippen LogP contribution in [-0.2, 0) is 17.8 Å². The fourth-order valence-electron chi connectivity index (χ4n) is 3.13. The number of hydrogen-bond acceptors (Lipinski definition) is 3. The molecule has 3 rings (SSSR count). The smallest absolute Gasteiger partial charge is 0.126 e. The molecule has 0 aliphatic carbocycles. The van der Waals surface area contributed by atoms with Gasteiger partial charge >= 0.3 is 0 Å². The first-order valence-corrected chi connectivity index (χ1v) is 8.60. The molecule has 1 heterocycles. The van der Waals surface area contributed by atoms with E-state index in [1.165, 1.54) is 0 Å². The molecular weight excluding hydrogens is 300 g/mol. The Kier molecular flexibility index (Phi) is 4.93. The lowest BCUT2D eigenvalue weighted by Crippen LogP contribution is -2.20. The summed E-state index contributed by atoms with van der Waals surface area (Å²) in [6.07, 6.45) is 1.14. The molecule has 1 aliphatic heterocycles. The second kappa shape index (κ2) is 6.96. The summed E-state index contributed by atoms with van der Waals surface area (Å²) >= 11 is 0. The zero-order chi connectivity index (χ0) is 17.2. The maximum absolute atomic E-state index is 10.9. The van der Waals surface area contributed by atoms with Gasteiger partial charge in [0.05, 0.1) is 5.60 Å². The third-order valence-electron chi connectivity index (χ3n) is 4.29. The number of benzene rings is 2. The van der Waals surface area contributed by atoms with Gasteiger partial charge in [0.25, 0.3) is 0 Å². The van der Waals surface area contributed by atoms with Crippen molar-refractivity contribution in [3.05, 3.63) is 64.7 Å². The van der Waals surface area contributed by atoms with Crippen molar-refractivity contribution in [2.45, 2.75) is 51.9 Å². The zero-order valence-corrected chi connectivity index (χ0v) is 14.7. The van der Waals surface area contributed by atoms with E-state index in [0.29, 0.717) is 13.2 Å². The summed E-state index contributed by atoms with van der Waals surface area (Å²) in [6, 6.07) is 14.0.